The number of halogens is 2. The second-order valence-corrected chi connectivity index (χ2v) is 7.57. The molecular weight excluding hydrogens is 403 g/mol. The van der Waals surface area contributed by atoms with Crippen LogP contribution < -0.4 is 15.5 Å². The first-order chi connectivity index (χ1) is 13.5. The van der Waals surface area contributed by atoms with Gasteiger partial charge in [0.1, 0.15) is 12.0 Å². The minimum absolute atomic E-state index is 0.00281. The van der Waals surface area contributed by atoms with E-state index < -0.39 is 5.91 Å². The average Bonchev–Trinajstić information content (AvgIpc) is 2.92. The summed E-state index contributed by atoms with van der Waals surface area (Å²) in [4.78, 5) is 26.6. The van der Waals surface area contributed by atoms with Crippen LogP contribution in [0.4, 0.5) is 5.69 Å². The maximum Gasteiger partial charge on any atom is 0.262 e. The topological polar surface area (TPSA) is 71.8 Å². The van der Waals surface area contributed by atoms with E-state index in [1.165, 1.54) is 31.2 Å². The Kier molecular flexibility index (Phi) is 7.36. The molecule has 1 fully saturated rings. The van der Waals surface area contributed by atoms with Crippen molar-refractivity contribution in [3.63, 3.8) is 0 Å². The number of carbonyl (C=O) groups excluding carboxylic acids is 1. The van der Waals surface area contributed by atoms with Crippen molar-refractivity contribution in [2.75, 3.05) is 25.0 Å². The molecule has 0 atom stereocenters. The number of ether oxygens (including phenoxy) is 1. The first-order valence-corrected chi connectivity index (χ1v) is 9.98. The number of rotatable bonds is 6. The fourth-order valence-corrected chi connectivity index (χ4v) is 3.52. The van der Waals surface area contributed by atoms with E-state index in [-0.39, 0.29) is 17.8 Å². The molecule has 1 aliphatic rings. The van der Waals surface area contributed by atoms with Gasteiger partial charge < -0.3 is 14.5 Å². The molecule has 2 heterocycles. The van der Waals surface area contributed by atoms with Crippen LogP contribution in [0, 0.1) is 0 Å². The fourth-order valence-electron chi connectivity index (χ4n) is 3.06. The minimum atomic E-state index is -0.447. The van der Waals surface area contributed by atoms with Gasteiger partial charge in [0.2, 0.25) is 11.2 Å². The number of likely N-dealkylation sites (tertiary alicyclic amines) is 1. The number of carbonyl (C=O) groups is 1. The van der Waals surface area contributed by atoms with E-state index >= 15 is 0 Å². The van der Waals surface area contributed by atoms with Gasteiger partial charge in [-0.3, -0.25) is 14.5 Å². The molecule has 0 bridgehead atoms. The number of hydrogen-bond donors (Lipinski definition) is 1. The highest BCUT2D eigenvalue weighted by Gasteiger charge is 2.13. The summed E-state index contributed by atoms with van der Waals surface area (Å²) in [6.07, 6.45) is 6.08. The lowest BCUT2D eigenvalue weighted by molar-refractivity contribution is -0.118. The number of benzene rings is 1. The number of nitrogens with zero attached hydrogens (tertiary/aromatic N) is 1. The zero-order chi connectivity index (χ0) is 19.9. The number of amides is 1. The Morgan fingerprint density at radius 3 is 2.57 bits per heavy atom. The third kappa shape index (κ3) is 5.99. The molecule has 1 aromatic carbocycles. The van der Waals surface area contributed by atoms with Crippen LogP contribution >= 0.6 is 23.2 Å². The molecule has 1 saturated heterocycles. The van der Waals surface area contributed by atoms with E-state index in [9.17, 15) is 9.59 Å². The Hall–Kier alpha value is -2.02. The first kappa shape index (κ1) is 20.7. The van der Waals surface area contributed by atoms with Gasteiger partial charge in [-0.2, -0.15) is 0 Å². The summed E-state index contributed by atoms with van der Waals surface area (Å²) in [6, 6.07) is 6.15. The Morgan fingerprint density at radius 1 is 1.14 bits per heavy atom. The van der Waals surface area contributed by atoms with Crippen LogP contribution in [0.2, 0.25) is 10.0 Å². The van der Waals surface area contributed by atoms with E-state index in [1.54, 1.807) is 12.1 Å². The summed E-state index contributed by atoms with van der Waals surface area (Å²) in [5.74, 6) is 0.144. The second-order valence-electron chi connectivity index (χ2n) is 6.73. The summed E-state index contributed by atoms with van der Waals surface area (Å²) in [7, 11) is 0. The average molecular weight is 425 g/mol. The lowest BCUT2D eigenvalue weighted by Crippen LogP contribution is -2.25. The van der Waals surface area contributed by atoms with E-state index in [0.717, 1.165) is 25.9 Å². The number of nitrogens with one attached hydrogen (secondary N) is 1. The van der Waals surface area contributed by atoms with Gasteiger partial charge in [0.25, 0.3) is 5.91 Å². The van der Waals surface area contributed by atoms with Crippen LogP contribution in [0.1, 0.15) is 31.4 Å². The highest BCUT2D eigenvalue weighted by molar-refractivity contribution is 6.36. The standard InChI is InChI=1S/C20H22Cl2N2O4/c21-14-5-6-17(16(22)9-14)23-20(26)13-28-19-12-27-15(10-18(19)25)11-24-7-3-1-2-4-8-24/h5-6,9-10,12H,1-4,7-8,11,13H2,(H,23,26). The molecule has 3 rings (SSSR count). The van der Waals surface area contributed by atoms with Crippen molar-refractivity contribution in [1.82, 2.24) is 4.90 Å². The van der Waals surface area contributed by atoms with E-state index in [4.69, 9.17) is 32.4 Å². The molecule has 0 spiro atoms. The highest BCUT2D eigenvalue weighted by Crippen LogP contribution is 2.25. The molecular formula is C20H22Cl2N2O4. The molecule has 0 aliphatic carbocycles. The van der Waals surface area contributed by atoms with Gasteiger partial charge in [0, 0.05) is 11.1 Å². The molecule has 28 heavy (non-hydrogen) atoms. The molecule has 6 nitrogen and oxygen atoms in total. The van der Waals surface area contributed by atoms with Crippen molar-refractivity contribution < 1.29 is 13.9 Å². The van der Waals surface area contributed by atoms with Gasteiger partial charge in [-0.25, -0.2) is 0 Å². The predicted octanol–water partition coefficient (Wildman–Crippen LogP) is 4.34. The first-order valence-electron chi connectivity index (χ1n) is 9.23. The van der Waals surface area contributed by atoms with Crippen molar-refractivity contribution in [2.45, 2.75) is 32.2 Å². The molecule has 1 amide bonds. The maximum absolute atomic E-state index is 12.2. The lowest BCUT2D eigenvalue weighted by Gasteiger charge is -2.18. The van der Waals surface area contributed by atoms with Crippen LogP contribution in [-0.2, 0) is 11.3 Å². The van der Waals surface area contributed by atoms with Crippen LogP contribution in [0.5, 0.6) is 5.75 Å². The van der Waals surface area contributed by atoms with Gasteiger partial charge in [-0.1, -0.05) is 36.0 Å². The summed E-state index contributed by atoms with van der Waals surface area (Å²) in [5, 5.41) is 3.39. The van der Waals surface area contributed by atoms with Gasteiger partial charge in [-0.05, 0) is 44.1 Å². The van der Waals surface area contributed by atoms with Crippen LogP contribution in [0.15, 0.2) is 39.7 Å². The molecule has 0 radical (unpaired) electrons. The summed E-state index contributed by atoms with van der Waals surface area (Å²) < 4.78 is 10.8. The summed E-state index contributed by atoms with van der Waals surface area (Å²) in [6.45, 7) is 2.28. The van der Waals surface area contributed by atoms with E-state index in [2.05, 4.69) is 10.2 Å². The van der Waals surface area contributed by atoms with Gasteiger partial charge in [0.15, 0.2) is 6.61 Å². The Bertz CT molecular complexity index is 877. The zero-order valence-electron chi connectivity index (χ0n) is 15.4. The molecule has 150 valence electrons. The Labute approximate surface area is 173 Å². The third-order valence-corrected chi connectivity index (χ3v) is 5.04. The smallest absolute Gasteiger partial charge is 0.262 e. The Morgan fingerprint density at radius 2 is 1.89 bits per heavy atom. The molecule has 1 aromatic heterocycles. The van der Waals surface area contributed by atoms with Crippen molar-refractivity contribution >= 4 is 34.8 Å². The molecule has 1 aliphatic heterocycles. The molecule has 2 aromatic rings. The quantitative estimate of drug-likeness (QED) is 0.746. The molecule has 0 unspecified atom stereocenters. The number of anilines is 1. The predicted molar refractivity (Wildman–Crippen MR) is 109 cm³/mol. The second kappa shape index (κ2) is 9.96. The van der Waals surface area contributed by atoms with Gasteiger partial charge in [-0.15, -0.1) is 0 Å². The Balaban J connectivity index is 1.54. The van der Waals surface area contributed by atoms with E-state index in [1.807, 2.05) is 0 Å². The zero-order valence-corrected chi connectivity index (χ0v) is 16.9. The SMILES string of the molecule is O=C(COc1coc(CN2CCCCCC2)cc1=O)Nc1ccc(Cl)cc1Cl. The maximum atomic E-state index is 12.2. The van der Waals surface area contributed by atoms with Crippen LogP contribution in [0.25, 0.3) is 0 Å². The van der Waals surface area contributed by atoms with Crippen molar-refractivity contribution in [3.8, 4) is 5.75 Å². The fraction of sp³-hybridized carbons (Fsp3) is 0.400. The van der Waals surface area contributed by atoms with Crippen LogP contribution in [-0.4, -0.2) is 30.5 Å². The lowest BCUT2D eigenvalue weighted by atomic mass is 10.2. The van der Waals surface area contributed by atoms with Crippen molar-refractivity contribution in [3.05, 3.63) is 56.6 Å². The van der Waals surface area contributed by atoms with Gasteiger partial charge in [0.05, 0.1) is 17.3 Å². The minimum Gasteiger partial charge on any atom is -0.477 e. The molecule has 1 N–H and O–H groups in total. The third-order valence-electron chi connectivity index (χ3n) is 4.49. The van der Waals surface area contributed by atoms with Crippen LogP contribution in [0.3, 0.4) is 0 Å². The highest BCUT2D eigenvalue weighted by atomic mass is 35.5. The van der Waals surface area contributed by atoms with Gasteiger partial charge >= 0.3 is 0 Å². The summed E-state index contributed by atoms with van der Waals surface area (Å²) in [5.41, 5.74) is 0.105. The normalized spacial score (nSPS) is 15.1. The monoisotopic (exact) mass is 424 g/mol. The van der Waals surface area contributed by atoms with E-state index in [0.29, 0.717) is 28.0 Å². The largest absolute Gasteiger partial charge is 0.477 e. The summed E-state index contributed by atoms with van der Waals surface area (Å²) >= 11 is 11.8. The molecule has 8 heteroatoms. The van der Waals surface area contributed by atoms with Crippen molar-refractivity contribution in [1.29, 1.82) is 0 Å². The van der Waals surface area contributed by atoms with Crippen molar-refractivity contribution in [2.24, 2.45) is 0 Å². The molecule has 0 saturated carbocycles. The number of hydrogen-bond acceptors (Lipinski definition) is 5.